The molecule has 3 unspecified atom stereocenters. The average molecular weight is 733 g/mol. The third-order valence-electron chi connectivity index (χ3n) is 12.0. The molecule has 5 aliphatic heterocycles. The van der Waals surface area contributed by atoms with Crippen LogP contribution in [0.5, 0.6) is 11.6 Å². The first-order valence-electron chi connectivity index (χ1n) is 19.0. The predicted octanol–water partition coefficient (Wildman–Crippen LogP) is 3.26. The first-order valence-corrected chi connectivity index (χ1v) is 19.0. The van der Waals surface area contributed by atoms with Crippen LogP contribution in [0.4, 0.5) is 0 Å². The normalized spacial score (nSPS) is 25.1. The SMILES string of the molecule is CCC12CNC(N)=C(/C=C(\N)c3ccccc3O)N1CC(Oc1ccc(CN3CCC(c4ccc5c(c4)C(=O)N(C4CCC(=O)NC4=O)C5)CC3)cn1)C2. The molecule has 5 aliphatic rings. The number of hydrogen-bond acceptors (Lipinski definition) is 11. The highest BCUT2D eigenvalue weighted by molar-refractivity contribution is 6.05. The average Bonchev–Trinajstić information content (AvgIpc) is 3.71. The molecule has 3 atom stereocenters. The first kappa shape index (κ1) is 35.5. The Kier molecular flexibility index (Phi) is 9.43. The Labute approximate surface area is 315 Å². The fraction of sp³-hybridized carbons (Fsp3) is 0.415. The molecule has 1 aromatic heterocycles. The lowest BCUT2D eigenvalue weighted by Gasteiger charge is -2.44. The molecule has 0 spiro atoms. The minimum Gasteiger partial charge on any atom is -0.507 e. The molecule has 54 heavy (non-hydrogen) atoms. The molecular formula is C41H48N8O5. The van der Waals surface area contributed by atoms with Crippen molar-refractivity contribution in [3.63, 3.8) is 0 Å². The van der Waals surface area contributed by atoms with Crippen molar-refractivity contribution < 1.29 is 24.2 Å². The van der Waals surface area contributed by atoms with Gasteiger partial charge in [-0.1, -0.05) is 37.3 Å². The van der Waals surface area contributed by atoms with Gasteiger partial charge in [0.1, 0.15) is 23.7 Å². The van der Waals surface area contributed by atoms with E-state index in [4.69, 9.17) is 21.2 Å². The summed E-state index contributed by atoms with van der Waals surface area (Å²) in [6.45, 7) is 6.56. The molecule has 282 valence electrons. The van der Waals surface area contributed by atoms with Gasteiger partial charge in [-0.3, -0.25) is 24.6 Å². The smallest absolute Gasteiger partial charge is 0.255 e. The number of nitrogens with one attached hydrogen (secondary N) is 2. The van der Waals surface area contributed by atoms with E-state index in [1.807, 2.05) is 36.5 Å². The minimum absolute atomic E-state index is 0.0974. The number of aromatic hydroxyl groups is 1. The Hall–Kier alpha value is -5.56. The van der Waals surface area contributed by atoms with E-state index < -0.39 is 6.04 Å². The number of phenols is 1. The van der Waals surface area contributed by atoms with Gasteiger partial charge in [0.05, 0.1) is 17.8 Å². The van der Waals surface area contributed by atoms with E-state index in [1.165, 1.54) is 5.56 Å². The molecule has 0 saturated carbocycles. The minimum atomic E-state index is -0.600. The molecule has 3 fully saturated rings. The van der Waals surface area contributed by atoms with Crippen molar-refractivity contribution in [2.45, 2.75) is 82.1 Å². The van der Waals surface area contributed by atoms with Crippen molar-refractivity contribution >= 4 is 23.4 Å². The molecule has 3 saturated heterocycles. The highest BCUT2D eigenvalue weighted by Crippen LogP contribution is 2.41. The number of nitrogens with zero attached hydrogens (tertiary/aromatic N) is 4. The molecule has 0 bridgehead atoms. The summed E-state index contributed by atoms with van der Waals surface area (Å²) in [7, 11) is 0. The number of hydrogen-bond donors (Lipinski definition) is 5. The van der Waals surface area contributed by atoms with Gasteiger partial charge in [-0.15, -0.1) is 0 Å². The topological polar surface area (TPSA) is 179 Å². The summed E-state index contributed by atoms with van der Waals surface area (Å²) < 4.78 is 6.47. The highest BCUT2D eigenvalue weighted by atomic mass is 16.5. The molecule has 7 N–H and O–H groups in total. The van der Waals surface area contributed by atoms with Gasteiger partial charge in [0.25, 0.3) is 5.91 Å². The van der Waals surface area contributed by atoms with Crippen LogP contribution in [-0.4, -0.2) is 86.4 Å². The van der Waals surface area contributed by atoms with E-state index in [-0.39, 0.29) is 41.5 Å². The number of fused-ring (bicyclic) bond motifs is 2. The molecular weight excluding hydrogens is 685 g/mol. The number of benzene rings is 2. The quantitative estimate of drug-likeness (QED) is 0.204. The predicted molar refractivity (Wildman–Crippen MR) is 202 cm³/mol. The number of carbonyl (C=O) groups excluding carboxylic acids is 3. The molecule has 3 amide bonds. The second kappa shape index (κ2) is 14.3. The molecule has 13 nitrogen and oxygen atoms in total. The molecule has 2 aromatic carbocycles. The number of ether oxygens (including phenoxy) is 1. The lowest BCUT2D eigenvalue weighted by molar-refractivity contribution is -0.136. The zero-order valence-electron chi connectivity index (χ0n) is 30.6. The lowest BCUT2D eigenvalue weighted by Crippen LogP contribution is -2.55. The summed E-state index contributed by atoms with van der Waals surface area (Å²) in [5.41, 5.74) is 18.4. The number of amides is 3. The number of aromatic nitrogens is 1. The molecule has 6 heterocycles. The van der Waals surface area contributed by atoms with Crippen LogP contribution in [0, 0.1) is 0 Å². The zero-order chi connectivity index (χ0) is 37.6. The van der Waals surface area contributed by atoms with Crippen molar-refractivity contribution in [3.8, 4) is 11.6 Å². The zero-order valence-corrected chi connectivity index (χ0v) is 30.6. The van der Waals surface area contributed by atoms with Crippen LogP contribution < -0.4 is 26.8 Å². The van der Waals surface area contributed by atoms with Crippen molar-refractivity contribution in [1.29, 1.82) is 0 Å². The van der Waals surface area contributed by atoms with Crippen LogP contribution >= 0.6 is 0 Å². The van der Waals surface area contributed by atoms with Crippen molar-refractivity contribution in [3.05, 3.63) is 106 Å². The van der Waals surface area contributed by atoms with Crippen LogP contribution in [-0.2, 0) is 22.7 Å². The largest absolute Gasteiger partial charge is 0.507 e. The number of pyridine rings is 1. The Morgan fingerprint density at radius 2 is 1.91 bits per heavy atom. The van der Waals surface area contributed by atoms with E-state index in [0.717, 1.165) is 62.1 Å². The van der Waals surface area contributed by atoms with Gasteiger partial charge in [0.15, 0.2) is 0 Å². The molecule has 8 rings (SSSR count). The van der Waals surface area contributed by atoms with Gasteiger partial charge >= 0.3 is 0 Å². The number of rotatable bonds is 9. The van der Waals surface area contributed by atoms with Crippen molar-refractivity contribution in [2.75, 3.05) is 26.2 Å². The van der Waals surface area contributed by atoms with E-state index in [1.54, 1.807) is 23.1 Å². The highest BCUT2D eigenvalue weighted by Gasteiger charge is 2.48. The third kappa shape index (κ3) is 6.72. The number of piperidine rings is 2. The lowest BCUT2D eigenvalue weighted by atomic mass is 9.87. The maximum absolute atomic E-state index is 13.3. The van der Waals surface area contributed by atoms with Gasteiger partial charge < -0.3 is 36.4 Å². The molecule has 3 aromatic rings. The summed E-state index contributed by atoms with van der Waals surface area (Å²) in [5, 5.41) is 16.1. The summed E-state index contributed by atoms with van der Waals surface area (Å²) >= 11 is 0. The Morgan fingerprint density at radius 3 is 2.65 bits per heavy atom. The van der Waals surface area contributed by atoms with Crippen LogP contribution in [0.3, 0.4) is 0 Å². The van der Waals surface area contributed by atoms with Gasteiger partial charge in [0.2, 0.25) is 17.7 Å². The van der Waals surface area contributed by atoms with Gasteiger partial charge in [-0.05, 0) is 85.7 Å². The third-order valence-corrected chi connectivity index (χ3v) is 12.0. The van der Waals surface area contributed by atoms with Crippen LogP contribution in [0.15, 0.2) is 78.4 Å². The van der Waals surface area contributed by atoms with Crippen molar-refractivity contribution in [2.24, 2.45) is 11.5 Å². The fourth-order valence-corrected chi connectivity index (χ4v) is 8.90. The van der Waals surface area contributed by atoms with E-state index in [2.05, 4.69) is 39.5 Å². The standard InChI is InChI=1S/C41H48N8O5/c1-2-41-19-29(23-49(41)34(38(43)45-24-41)18-32(42)30-5-3-4-6-35(30)50)54-37-12-7-25(20-44-37)21-47-15-13-26(14-16-47)27-8-9-28-22-48(40(53)31(28)17-27)33-10-11-36(51)46-39(33)52/h3-9,12,17-18,20,26,29,33,45,50H,2,10-11,13-16,19,21-24,42-43H2,1H3,(H,46,51,52)/b32-18-. The van der Waals surface area contributed by atoms with Gasteiger partial charge in [-0.2, -0.15) is 0 Å². The summed E-state index contributed by atoms with van der Waals surface area (Å²) in [6, 6.07) is 16.6. The molecule has 13 heteroatoms. The van der Waals surface area contributed by atoms with E-state index >= 15 is 0 Å². The monoisotopic (exact) mass is 732 g/mol. The summed E-state index contributed by atoms with van der Waals surface area (Å²) in [4.78, 5) is 48.5. The van der Waals surface area contributed by atoms with Gasteiger partial charge in [0, 0.05) is 61.6 Å². The van der Waals surface area contributed by atoms with E-state index in [9.17, 15) is 19.5 Å². The number of carbonyl (C=O) groups is 3. The maximum Gasteiger partial charge on any atom is 0.255 e. The number of para-hydroxylation sites is 1. The summed E-state index contributed by atoms with van der Waals surface area (Å²) in [5.74, 6) is 0.820. The summed E-state index contributed by atoms with van der Waals surface area (Å²) in [6.07, 6.45) is 7.91. The Balaban J connectivity index is 0.854. The Bertz CT molecular complexity index is 2020. The molecule has 0 aliphatic carbocycles. The second-order valence-electron chi connectivity index (χ2n) is 15.3. The van der Waals surface area contributed by atoms with Crippen molar-refractivity contribution in [1.82, 2.24) is 30.3 Å². The number of imide groups is 1. The second-order valence-corrected chi connectivity index (χ2v) is 15.3. The van der Waals surface area contributed by atoms with Crippen LogP contribution in [0.2, 0.25) is 0 Å². The fourth-order valence-electron chi connectivity index (χ4n) is 8.90. The number of phenolic OH excluding ortho intramolecular Hbond substituents is 1. The first-order chi connectivity index (χ1) is 26.1. The van der Waals surface area contributed by atoms with E-state index in [0.29, 0.717) is 60.5 Å². The van der Waals surface area contributed by atoms with Gasteiger partial charge in [-0.25, -0.2) is 4.98 Å². The van der Waals surface area contributed by atoms with Crippen LogP contribution in [0.1, 0.15) is 84.0 Å². The Morgan fingerprint density at radius 1 is 1.09 bits per heavy atom. The number of nitrogens with two attached hydrogens (primary N) is 2. The number of likely N-dealkylation sites (tertiary alicyclic amines) is 1. The maximum atomic E-state index is 13.3. The van der Waals surface area contributed by atoms with Crippen LogP contribution in [0.25, 0.3) is 5.70 Å². The molecule has 0 radical (unpaired) electrons. The number of allylic oxidation sites excluding steroid dienone is 1.